The van der Waals surface area contributed by atoms with Gasteiger partial charge in [0.05, 0.1) is 7.11 Å². The Hall–Kier alpha value is -1.62. The van der Waals surface area contributed by atoms with Gasteiger partial charge in [-0.25, -0.2) is 4.79 Å². The highest BCUT2D eigenvalue weighted by atomic mass is 32.1. The molecule has 2 rings (SSSR count). The summed E-state index contributed by atoms with van der Waals surface area (Å²) in [7, 11) is 1.32. The van der Waals surface area contributed by atoms with Crippen molar-refractivity contribution >= 4 is 27.4 Å². The molecule has 0 radical (unpaired) electrons. The number of carbonyl (C=O) groups is 1. The third-order valence-electron chi connectivity index (χ3n) is 1.83. The summed E-state index contributed by atoms with van der Waals surface area (Å²) in [6.07, 6.45) is 1.55. The normalized spacial score (nSPS) is 10.4. The van der Waals surface area contributed by atoms with Crippen LogP contribution in [0.1, 0.15) is 9.67 Å². The van der Waals surface area contributed by atoms with E-state index in [1.54, 1.807) is 18.3 Å². The number of aromatic amines is 1. The van der Waals surface area contributed by atoms with Crippen molar-refractivity contribution in [1.29, 1.82) is 0 Å². The lowest BCUT2D eigenvalue weighted by atomic mass is 10.3. The molecule has 14 heavy (non-hydrogen) atoms. The zero-order chi connectivity index (χ0) is 10.1. The predicted molar refractivity (Wildman–Crippen MR) is 53.8 cm³/mol. The van der Waals surface area contributed by atoms with Crippen LogP contribution in [0, 0.1) is 0 Å². The molecule has 5 heteroatoms. The van der Waals surface area contributed by atoms with Crippen LogP contribution in [0.3, 0.4) is 0 Å². The molecule has 0 aliphatic heterocycles. The Morgan fingerprint density at radius 2 is 2.36 bits per heavy atom. The Kier molecular flexibility index (Phi) is 2.09. The first-order valence-corrected chi connectivity index (χ1v) is 4.73. The van der Waals surface area contributed by atoms with Gasteiger partial charge >= 0.3 is 5.97 Å². The standard InChI is InChI=1S/C9H7NO3S/c1-13-9(12)6-4-5-2-3-10-8(11)7(5)14-6/h2-4H,1H3,(H,10,11). The maximum atomic E-state index is 11.3. The highest BCUT2D eigenvalue weighted by Gasteiger charge is 2.11. The number of nitrogens with one attached hydrogen (secondary N) is 1. The van der Waals surface area contributed by atoms with Crippen LogP contribution in [0.5, 0.6) is 0 Å². The van der Waals surface area contributed by atoms with Crippen LogP contribution in [0.2, 0.25) is 0 Å². The van der Waals surface area contributed by atoms with Gasteiger partial charge in [0.2, 0.25) is 0 Å². The lowest BCUT2D eigenvalue weighted by Gasteiger charge is -1.90. The van der Waals surface area contributed by atoms with Gasteiger partial charge in [-0.05, 0) is 12.1 Å². The summed E-state index contributed by atoms with van der Waals surface area (Å²) in [6, 6.07) is 3.40. The molecule has 1 N–H and O–H groups in total. The summed E-state index contributed by atoms with van der Waals surface area (Å²) in [6.45, 7) is 0. The first kappa shape index (κ1) is 8.96. The van der Waals surface area contributed by atoms with E-state index in [1.165, 1.54) is 7.11 Å². The molecule has 0 bridgehead atoms. The van der Waals surface area contributed by atoms with Crippen LogP contribution < -0.4 is 5.56 Å². The Morgan fingerprint density at radius 1 is 1.57 bits per heavy atom. The number of pyridine rings is 1. The van der Waals surface area contributed by atoms with Crippen LogP contribution in [0.15, 0.2) is 23.1 Å². The third-order valence-corrected chi connectivity index (χ3v) is 2.96. The first-order valence-electron chi connectivity index (χ1n) is 3.92. The molecule has 0 amide bonds. The van der Waals surface area contributed by atoms with E-state index in [0.717, 1.165) is 16.7 Å². The number of rotatable bonds is 1. The highest BCUT2D eigenvalue weighted by Crippen LogP contribution is 2.22. The maximum absolute atomic E-state index is 11.3. The zero-order valence-electron chi connectivity index (χ0n) is 7.37. The average Bonchev–Trinajstić information content (AvgIpc) is 2.62. The minimum absolute atomic E-state index is 0.178. The van der Waals surface area contributed by atoms with E-state index in [0.29, 0.717) is 9.58 Å². The van der Waals surface area contributed by atoms with Crippen LogP contribution >= 0.6 is 11.3 Å². The van der Waals surface area contributed by atoms with Crippen molar-refractivity contribution in [3.8, 4) is 0 Å². The van der Waals surface area contributed by atoms with Crippen molar-refractivity contribution in [3.05, 3.63) is 33.6 Å². The molecule has 0 unspecified atom stereocenters. The van der Waals surface area contributed by atoms with Gasteiger partial charge in [-0.3, -0.25) is 4.79 Å². The lowest BCUT2D eigenvalue weighted by Crippen LogP contribution is -2.01. The smallest absolute Gasteiger partial charge is 0.348 e. The van der Waals surface area contributed by atoms with Crippen molar-refractivity contribution in [2.24, 2.45) is 0 Å². The van der Waals surface area contributed by atoms with Crippen molar-refractivity contribution in [3.63, 3.8) is 0 Å². The topological polar surface area (TPSA) is 59.2 Å². The number of ether oxygens (including phenoxy) is 1. The molecule has 2 aromatic heterocycles. The van der Waals surface area contributed by atoms with E-state index < -0.39 is 5.97 Å². The van der Waals surface area contributed by atoms with E-state index in [-0.39, 0.29) is 5.56 Å². The zero-order valence-corrected chi connectivity index (χ0v) is 8.18. The molecular formula is C9H7NO3S. The molecule has 0 saturated heterocycles. The van der Waals surface area contributed by atoms with Gasteiger partial charge < -0.3 is 9.72 Å². The summed E-state index contributed by atoms with van der Waals surface area (Å²) in [5.41, 5.74) is -0.178. The Morgan fingerprint density at radius 3 is 3.00 bits per heavy atom. The van der Waals surface area contributed by atoms with Crippen molar-refractivity contribution < 1.29 is 9.53 Å². The SMILES string of the molecule is COC(=O)c1cc2cc[nH]c(=O)c2s1. The van der Waals surface area contributed by atoms with Gasteiger partial charge in [-0.1, -0.05) is 0 Å². The molecule has 2 heterocycles. The number of methoxy groups -OCH3 is 1. The Balaban J connectivity index is 2.68. The minimum atomic E-state index is -0.411. The summed E-state index contributed by atoms with van der Waals surface area (Å²) in [5, 5.41) is 0.763. The Labute approximate surface area is 83.1 Å². The fourth-order valence-corrected chi connectivity index (χ4v) is 2.15. The number of hydrogen-bond acceptors (Lipinski definition) is 4. The molecule has 0 aliphatic carbocycles. The quantitative estimate of drug-likeness (QED) is 0.722. The minimum Gasteiger partial charge on any atom is -0.465 e. The second kappa shape index (κ2) is 3.26. The number of H-pyrrole nitrogens is 1. The molecule has 0 fully saturated rings. The Bertz CT molecular complexity index is 540. The van der Waals surface area contributed by atoms with Crippen molar-refractivity contribution in [2.45, 2.75) is 0 Å². The predicted octanol–water partition coefficient (Wildman–Crippen LogP) is 1.38. The highest BCUT2D eigenvalue weighted by molar-refractivity contribution is 7.20. The molecule has 2 aromatic rings. The van der Waals surface area contributed by atoms with E-state index in [9.17, 15) is 9.59 Å². The maximum Gasteiger partial charge on any atom is 0.348 e. The number of esters is 1. The van der Waals surface area contributed by atoms with Crippen LogP contribution in [-0.4, -0.2) is 18.1 Å². The van der Waals surface area contributed by atoms with Crippen molar-refractivity contribution in [1.82, 2.24) is 4.98 Å². The number of hydrogen-bond donors (Lipinski definition) is 1. The summed E-state index contributed by atoms with van der Waals surface area (Å²) in [5.74, 6) is -0.411. The fraction of sp³-hybridized carbons (Fsp3) is 0.111. The molecule has 0 aromatic carbocycles. The molecule has 0 atom stereocenters. The number of aromatic nitrogens is 1. The second-order valence-electron chi connectivity index (χ2n) is 2.69. The monoisotopic (exact) mass is 209 g/mol. The average molecular weight is 209 g/mol. The molecule has 72 valence electrons. The number of fused-ring (bicyclic) bond motifs is 1. The van der Waals surface area contributed by atoms with Gasteiger partial charge in [0.25, 0.3) is 5.56 Å². The molecular weight excluding hydrogens is 202 g/mol. The van der Waals surface area contributed by atoms with E-state index in [2.05, 4.69) is 9.72 Å². The summed E-state index contributed by atoms with van der Waals surface area (Å²) in [4.78, 5) is 25.5. The number of thiophene rings is 1. The van der Waals surface area contributed by atoms with Gasteiger partial charge in [0.1, 0.15) is 9.58 Å². The van der Waals surface area contributed by atoms with Crippen LogP contribution in [0.25, 0.3) is 10.1 Å². The summed E-state index contributed by atoms with van der Waals surface area (Å²) < 4.78 is 5.11. The molecule has 0 aliphatic rings. The van der Waals surface area contributed by atoms with Crippen molar-refractivity contribution in [2.75, 3.05) is 7.11 Å². The van der Waals surface area contributed by atoms with E-state index >= 15 is 0 Å². The third kappa shape index (κ3) is 1.31. The van der Waals surface area contributed by atoms with E-state index in [4.69, 9.17) is 0 Å². The van der Waals surface area contributed by atoms with Gasteiger partial charge in [0, 0.05) is 11.6 Å². The molecule has 4 nitrogen and oxygen atoms in total. The first-order chi connectivity index (χ1) is 6.72. The number of carbonyl (C=O) groups excluding carboxylic acids is 1. The van der Waals surface area contributed by atoms with E-state index in [1.807, 2.05) is 0 Å². The van der Waals surface area contributed by atoms with Crippen LogP contribution in [0.4, 0.5) is 0 Å². The van der Waals surface area contributed by atoms with Gasteiger partial charge in [-0.15, -0.1) is 11.3 Å². The molecule has 0 spiro atoms. The second-order valence-corrected chi connectivity index (χ2v) is 3.75. The van der Waals surface area contributed by atoms with Crippen LogP contribution in [-0.2, 0) is 4.74 Å². The molecule has 0 saturated carbocycles. The fourth-order valence-electron chi connectivity index (χ4n) is 1.18. The summed E-state index contributed by atoms with van der Waals surface area (Å²) >= 11 is 1.14. The lowest BCUT2D eigenvalue weighted by molar-refractivity contribution is 0.0606. The largest absolute Gasteiger partial charge is 0.465 e. The van der Waals surface area contributed by atoms with Gasteiger partial charge in [-0.2, -0.15) is 0 Å². The van der Waals surface area contributed by atoms with Gasteiger partial charge in [0.15, 0.2) is 0 Å².